The molecule has 1 aromatic carbocycles. The number of nitrogens with zero attached hydrogens (tertiary/aromatic N) is 1. The van der Waals surface area contributed by atoms with E-state index in [1.54, 1.807) is 0 Å². The van der Waals surface area contributed by atoms with Crippen LogP contribution in [0.2, 0.25) is 0 Å². The molecule has 2 aliphatic rings. The second-order valence-electron chi connectivity index (χ2n) is 8.76. The summed E-state index contributed by atoms with van der Waals surface area (Å²) in [5, 5.41) is 13.9. The van der Waals surface area contributed by atoms with Crippen LogP contribution in [-0.2, 0) is 11.2 Å². The van der Waals surface area contributed by atoms with Gasteiger partial charge in [0.15, 0.2) is 0 Å². The Morgan fingerprint density at radius 2 is 2.07 bits per heavy atom. The highest BCUT2D eigenvalue weighted by molar-refractivity contribution is 5.79. The topological polar surface area (TPSA) is 52.6 Å². The van der Waals surface area contributed by atoms with Crippen molar-refractivity contribution in [3.05, 3.63) is 34.9 Å². The van der Waals surface area contributed by atoms with E-state index in [0.717, 1.165) is 45.1 Å². The molecule has 4 nitrogen and oxygen atoms in total. The van der Waals surface area contributed by atoms with Crippen LogP contribution < -0.4 is 5.32 Å². The van der Waals surface area contributed by atoms with Crippen molar-refractivity contribution in [3.8, 4) is 0 Å². The van der Waals surface area contributed by atoms with E-state index in [4.69, 9.17) is 0 Å². The number of aliphatic hydroxyl groups is 1. The quantitative estimate of drug-likeness (QED) is 0.800. The molecule has 2 N–H and O–H groups in total. The highest BCUT2D eigenvalue weighted by Gasteiger charge is 2.34. The Hall–Kier alpha value is -1.39. The smallest absolute Gasteiger partial charge is 0.237 e. The molecule has 1 aromatic rings. The SMILES string of the molecule is CCC(C)C1c2cc(C)ccc2CCN1C(=O)CNCC1(O)CCCCC1. The van der Waals surface area contributed by atoms with Crippen LogP contribution in [0, 0.1) is 12.8 Å². The maximum absolute atomic E-state index is 13.1. The van der Waals surface area contributed by atoms with Crippen molar-refractivity contribution in [2.24, 2.45) is 5.92 Å². The van der Waals surface area contributed by atoms with Gasteiger partial charge in [0.05, 0.1) is 18.2 Å². The van der Waals surface area contributed by atoms with Crippen molar-refractivity contribution >= 4 is 5.91 Å². The van der Waals surface area contributed by atoms with E-state index >= 15 is 0 Å². The van der Waals surface area contributed by atoms with Gasteiger partial charge in [-0.25, -0.2) is 0 Å². The number of benzene rings is 1. The molecule has 1 heterocycles. The summed E-state index contributed by atoms with van der Waals surface area (Å²) in [6.45, 7) is 8.21. The van der Waals surface area contributed by atoms with Crippen molar-refractivity contribution in [2.75, 3.05) is 19.6 Å². The number of fused-ring (bicyclic) bond motifs is 1. The molecule has 0 spiro atoms. The molecule has 150 valence electrons. The normalized spacial score (nSPS) is 23.0. The maximum atomic E-state index is 13.1. The molecule has 0 saturated heterocycles. The van der Waals surface area contributed by atoms with Crippen molar-refractivity contribution in [1.29, 1.82) is 0 Å². The monoisotopic (exact) mass is 372 g/mol. The molecule has 3 rings (SSSR count). The number of rotatable bonds is 6. The zero-order valence-corrected chi connectivity index (χ0v) is 17.3. The molecule has 0 bridgehead atoms. The molecule has 27 heavy (non-hydrogen) atoms. The number of aryl methyl sites for hydroxylation is 1. The Balaban J connectivity index is 1.67. The molecule has 4 heteroatoms. The van der Waals surface area contributed by atoms with E-state index < -0.39 is 5.60 Å². The first-order valence-electron chi connectivity index (χ1n) is 10.8. The molecule has 1 fully saturated rings. The minimum atomic E-state index is -0.625. The van der Waals surface area contributed by atoms with Crippen molar-refractivity contribution in [2.45, 2.75) is 77.4 Å². The van der Waals surface area contributed by atoms with Crippen LogP contribution in [0.25, 0.3) is 0 Å². The third-order valence-corrected chi connectivity index (χ3v) is 6.60. The number of carbonyl (C=O) groups excluding carboxylic acids is 1. The molecular formula is C23H36N2O2. The minimum absolute atomic E-state index is 0.158. The predicted octanol–water partition coefficient (Wildman–Crippen LogP) is 3.75. The summed E-state index contributed by atoms with van der Waals surface area (Å²) in [5.41, 5.74) is 3.35. The fourth-order valence-corrected chi connectivity index (χ4v) is 4.77. The standard InChI is InChI=1S/C23H36N2O2/c1-4-18(3)22-20-14-17(2)8-9-19(20)10-13-25(22)21(26)15-24-16-23(27)11-6-5-7-12-23/h8-9,14,18,22,24,27H,4-7,10-13,15-16H2,1-3H3. The predicted molar refractivity (Wildman–Crippen MR) is 110 cm³/mol. The molecule has 0 aromatic heterocycles. The van der Waals surface area contributed by atoms with Gasteiger partial charge in [0.1, 0.15) is 0 Å². The lowest BCUT2D eigenvalue weighted by Gasteiger charge is -2.41. The first-order chi connectivity index (χ1) is 12.9. The fourth-order valence-electron chi connectivity index (χ4n) is 4.77. The Kier molecular flexibility index (Phi) is 6.59. The first-order valence-corrected chi connectivity index (χ1v) is 10.8. The Morgan fingerprint density at radius 1 is 1.33 bits per heavy atom. The molecule has 1 aliphatic heterocycles. The minimum Gasteiger partial charge on any atom is -0.389 e. The lowest BCUT2D eigenvalue weighted by Crippen LogP contribution is -2.49. The summed E-state index contributed by atoms with van der Waals surface area (Å²) in [5.74, 6) is 0.587. The highest BCUT2D eigenvalue weighted by Crippen LogP contribution is 2.37. The zero-order chi connectivity index (χ0) is 19.4. The number of nitrogens with one attached hydrogen (secondary N) is 1. The van der Waals surface area contributed by atoms with Gasteiger partial charge < -0.3 is 15.3 Å². The van der Waals surface area contributed by atoms with E-state index in [1.165, 1.54) is 23.1 Å². The van der Waals surface area contributed by atoms with Gasteiger partial charge in [-0.15, -0.1) is 0 Å². The van der Waals surface area contributed by atoms with Gasteiger partial charge in [0.25, 0.3) is 0 Å². The van der Waals surface area contributed by atoms with Gasteiger partial charge in [-0.3, -0.25) is 4.79 Å². The summed E-state index contributed by atoms with van der Waals surface area (Å²) < 4.78 is 0. The van der Waals surface area contributed by atoms with Crippen LogP contribution in [0.15, 0.2) is 18.2 Å². The summed E-state index contributed by atoms with van der Waals surface area (Å²) in [6.07, 6.45) is 7.06. The summed E-state index contributed by atoms with van der Waals surface area (Å²) in [7, 11) is 0. The summed E-state index contributed by atoms with van der Waals surface area (Å²) >= 11 is 0. The molecule has 2 unspecified atom stereocenters. The van der Waals surface area contributed by atoms with Crippen LogP contribution in [0.3, 0.4) is 0 Å². The second-order valence-corrected chi connectivity index (χ2v) is 8.76. The Morgan fingerprint density at radius 3 is 2.78 bits per heavy atom. The fraction of sp³-hybridized carbons (Fsp3) is 0.696. The average Bonchev–Trinajstić information content (AvgIpc) is 2.66. The number of hydrogen-bond donors (Lipinski definition) is 2. The third kappa shape index (κ3) is 4.72. The molecule has 0 radical (unpaired) electrons. The highest BCUT2D eigenvalue weighted by atomic mass is 16.3. The molecule has 1 saturated carbocycles. The van der Waals surface area contributed by atoms with Gasteiger partial charge >= 0.3 is 0 Å². The van der Waals surface area contributed by atoms with Crippen molar-refractivity contribution in [1.82, 2.24) is 10.2 Å². The van der Waals surface area contributed by atoms with Crippen molar-refractivity contribution in [3.63, 3.8) is 0 Å². The van der Waals surface area contributed by atoms with Crippen LogP contribution in [0.5, 0.6) is 0 Å². The molecule has 1 amide bonds. The molecular weight excluding hydrogens is 336 g/mol. The van der Waals surface area contributed by atoms with Crippen LogP contribution >= 0.6 is 0 Å². The van der Waals surface area contributed by atoms with Gasteiger partial charge in [-0.1, -0.05) is 63.3 Å². The Labute approximate surface area is 164 Å². The van der Waals surface area contributed by atoms with Crippen LogP contribution in [-0.4, -0.2) is 41.1 Å². The number of hydrogen-bond acceptors (Lipinski definition) is 3. The first kappa shape index (κ1) is 20.3. The Bertz CT molecular complexity index is 652. The lowest BCUT2D eigenvalue weighted by molar-refractivity contribution is -0.134. The second kappa shape index (κ2) is 8.74. The molecule has 2 atom stereocenters. The van der Waals surface area contributed by atoms with Crippen molar-refractivity contribution < 1.29 is 9.90 Å². The summed E-state index contributed by atoms with van der Waals surface area (Å²) in [6, 6.07) is 6.84. The van der Waals surface area contributed by atoms with Crippen LogP contribution in [0.1, 0.15) is 75.1 Å². The van der Waals surface area contributed by atoms with E-state index in [9.17, 15) is 9.90 Å². The third-order valence-electron chi connectivity index (χ3n) is 6.60. The van der Waals surface area contributed by atoms with E-state index in [-0.39, 0.29) is 11.9 Å². The van der Waals surface area contributed by atoms with Gasteiger partial charge in [0.2, 0.25) is 5.91 Å². The zero-order valence-electron chi connectivity index (χ0n) is 17.3. The van der Waals surface area contributed by atoms with E-state index in [0.29, 0.717) is 19.0 Å². The summed E-state index contributed by atoms with van der Waals surface area (Å²) in [4.78, 5) is 15.1. The average molecular weight is 373 g/mol. The van der Waals surface area contributed by atoms with Gasteiger partial charge in [0, 0.05) is 13.1 Å². The van der Waals surface area contributed by atoms with E-state index in [1.807, 2.05) is 0 Å². The van der Waals surface area contributed by atoms with Gasteiger partial charge in [-0.2, -0.15) is 0 Å². The van der Waals surface area contributed by atoms with Gasteiger partial charge in [-0.05, 0) is 43.2 Å². The van der Waals surface area contributed by atoms with Crippen LogP contribution in [0.4, 0.5) is 0 Å². The largest absolute Gasteiger partial charge is 0.389 e. The number of amides is 1. The molecule has 1 aliphatic carbocycles. The lowest BCUT2D eigenvalue weighted by atomic mass is 9.83. The number of carbonyl (C=O) groups is 1. The maximum Gasteiger partial charge on any atom is 0.237 e. The van der Waals surface area contributed by atoms with E-state index in [2.05, 4.69) is 49.2 Å².